The number of carbonyl (C=O) groups is 1. The minimum Gasteiger partial charge on any atom is -0.340 e. The third-order valence-corrected chi connectivity index (χ3v) is 4.40. The highest BCUT2D eigenvalue weighted by molar-refractivity contribution is 5.86. The van der Waals surface area contributed by atoms with E-state index in [1.807, 2.05) is 20.9 Å². The predicted octanol–water partition coefficient (Wildman–Crippen LogP) is 3.01. The highest BCUT2D eigenvalue weighted by atomic mass is 19.1. The number of hydrogen-bond acceptors (Lipinski definition) is 3. The maximum absolute atomic E-state index is 12.9. The zero-order chi connectivity index (χ0) is 15.9. The van der Waals surface area contributed by atoms with E-state index in [1.54, 1.807) is 29.4 Å². The summed E-state index contributed by atoms with van der Waals surface area (Å²) in [5, 5.41) is 0. The molecule has 0 N–H and O–H groups in total. The van der Waals surface area contributed by atoms with Gasteiger partial charge in [0.1, 0.15) is 17.6 Å². The molecule has 0 aliphatic carbocycles. The highest BCUT2D eigenvalue weighted by Crippen LogP contribution is 2.37. The number of hydrogen-bond donors (Lipinski definition) is 0. The van der Waals surface area contributed by atoms with E-state index in [-0.39, 0.29) is 23.2 Å². The van der Waals surface area contributed by atoms with Gasteiger partial charge in [-0.1, -0.05) is 12.1 Å². The topological polar surface area (TPSA) is 46.1 Å². The lowest BCUT2D eigenvalue weighted by atomic mass is 9.96. The van der Waals surface area contributed by atoms with Gasteiger partial charge in [0, 0.05) is 30.5 Å². The van der Waals surface area contributed by atoms with Crippen molar-refractivity contribution in [2.45, 2.75) is 31.7 Å². The first-order chi connectivity index (χ1) is 10.4. The van der Waals surface area contributed by atoms with Gasteiger partial charge in [0.25, 0.3) is 0 Å². The van der Waals surface area contributed by atoms with Crippen LogP contribution in [-0.4, -0.2) is 33.4 Å². The molecule has 1 aliphatic rings. The first-order valence-electron chi connectivity index (χ1n) is 7.24. The Morgan fingerprint density at radius 2 is 1.73 bits per heavy atom. The molecule has 1 unspecified atom stereocenters. The standard InChI is InChI=1S/C17H18FN3O/c1-17(2)8-14(16(22)21(17)3)15-19-9-12(10-20-15)11-4-6-13(18)7-5-11/h4-7,9-10,14H,8H2,1-3H3. The van der Waals surface area contributed by atoms with Crippen molar-refractivity contribution in [1.29, 1.82) is 0 Å². The van der Waals surface area contributed by atoms with E-state index < -0.39 is 0 Å². The van der Waals surface area contributed by atoms with Gasteiger partial charge >= 0.3 is 0 Å². The van der Waals surface area contributed by atoms with Crippen LogP contribution in [0.25, 0.3) is 11.1 Å². The SMILES string of the molecule is CN1C(=O)C(c2ncc(-c3ccc(F)cc3)cn2)CC1(C)C. The van der Waals surface area contributed by atoms with Crippen molar-refractivity contribution < 1.29 is 9.18 Å². The van der Waals surface area contributed by atoms with E-state index in [2.05, 4.69) is 9.97 Å². The number of amides is 1. The van der Waals surface area contributed by atoms with Crippen molar-refractivity contribution in [3.05, 3.63) is 48.3 Å². The van der Waals surface area contributed by atoms with Crippen molar-refractivity contribution in [3.8, 4) is 11.1 Å². The molecule has 0 bridgehead atoms. The van der Waals surface area contributed by atoms with Gasteiger partial charge < -0.3 is 4.90 Å². The Morgan fingerprint density at radius 3 is 2.23 bits per heavy atom. The normalized spacial score (nSPS) is 20.5. The summed E-state index contributed by atoms with van der Waals surface area (Å²) in [6.07, 6.45) is 4.08. The van der Waals surface area contributed by atoms with Crippen molar-refractivity contribution in [3.63, 3.8) is 0 Å². The Balaban J connectivity index is 1.86. The fourth-order valence-corrected chi connectivity index (χ4v) is 2.77. The molecule has 0 saturated carbocycles. The number of benzene rings is 1. The van der Waals surface area contributed by atoms with Gasteiger partial charge in [-0.3, -0.25) is 4.79 Å². The van der Waals surface area contributed by atoms with Crippen LogP contribution in [0.3, 0.4) is 0 Å². The Morgan fingerprint density at radius 1 is 1.14 bits per heavy atom. The molecule has 5 heteroatoms. The summed E-state index contributed by atoms with van der Waals surface area (Å²) in [6.45, 7) is 4.08. The lowest BCUT2D eigenvalue weighted by Gasteiger charge is -2.26. The highest BCUT2D eigenvalue weighted by Gasteiger charge is 2.44. The number of carbonyl (C=O) groups excluding carboxylic acids is 1. The molecule has 1 fully saturated rings. The van der Waals surface area contributed by atoms with Crippen LogP contribution in [-0.2, 0) is 4.79 Å². The van der Waals surface area contributed by atoms with Crippen LogP contribution in [0, 0.1) is 5.82 Å². The lowest BCUT2D eigenvalue weighted by molar-refractivity contribution is -0.130. The quantitative estimate of drug-likeness (QED) is 0.856. The first kappa shape index (κ1) is 14.6. The van der Waals surface area contributed by atoms with Crippen LogP contribution >= 0.6 is 0 Å². The number of rotatable bonds is 2. The summed E-state index contributed by atoms with van der Waals surface area (Å²) >= 11 is 0. The molecule has 22 heavy (non-hydrogen) atoms. The summed E-state index contributed by atoms with van der Waals surface area (Å²) in [5.41, 5.74) is 1.48. The fraction of sp³-hybridized carbons (Fsp3) is 0.353. The summed E-state index contributed by atoms with van der Waals surface area (Å²) < 4.78 is 12.9. The predicted molar refractivity (Wildman–Crippen MR) is 81.6 cm³/mol. The van der Waals surface area contributed by atoms with Gasteiger partial charge in [-0.05, 0) is 38.0 Å². The second kappa shape index (κ2) is 5.16. The maximum Gasteiger partial charge on any atom is 0.233 e. The summed E-state index contributed by atoms with van der Waals surface area (Å²) in [6, 6.07) is 6.18. The van der Waals surface area contributed by atoms with E-state index in [1.165, 1.54) is 12.1 Å². The van der Waals surface area contributed by atoms with Crippen LogP contribution in [0.1, 0.15) is 32.0 Å². The van der Waals surface area contributed by atoms with E-state index >= 15 is 0 Å². The Labute approximate surface area is 129 Å². The minimum atomic E-state index is -0.290. The van der Waals surface area contributed by atoms with E-state index in [4.69, 9.17) is 0 Å². The summed E-state index contributed by atoms with van der Waals surface area (Å²) in [7, 11) is 1.81. The Kier molecular flexibility index (Phi) is 3.43. The largest absolute Gasteiger partial charge is 0.340 e. The number of halogens is 1. The zero-order valence-corrected chi connectivity index (χ0v) is 12.9. The molecule has 1 atom stereocenters. The van der Waals surface area contributed by atoms with Gasteiger partial charge in [-0.25, -0.2) is 14.4 Å². The third-order valence-electron chi connectivity index (χ3n) is 4.40. The van der Waals surface area contributed by atoms with Crippen LogP contribution in [0.2, 0.25) is 0 Å². The van der Waals surface area contributed by atoms with Crippen LogP contribution in [0.5, 0.6) is 0 Å². The summed E-state index contributed by atoms with van der Waals surface area (Å²) in [5.74, 6) is 0.0400. The molecule has 2 heterocycles. The molecule has 1 aromatic heterocycles. The number of aromatic nitrogens is 2. The number of likely N-dealkylation sites (tertiary alicyclic amines) is 1. The molecule has 114 valence electrons. The molecule has 2 aromatic rings. The van der Waals surface area contributed by atoms with E-state index in [0.29, 0.717) is 12.2 Å². The second-order valence-corrected chi connectivity index (χ2v) is 6.30. The van der Waals surface area contributed by atoms with Gasteiger partial charge in [0.05, 0.1) is 0 Å². The Hall–Kier alpha value is -2.30. The average molecular weight is 299 g/mol. The van der Waals surface area contributed by atoms with Crippen LogP contribution in [0.15, 0.2) is 36.7 Å². The monoisotopic (exact) mass is 299 g/mol. The number of nitrogens with zero attached hydrogens (tertiary/aromatic N) is 3. The minimum absolute atomic E-state index is 0.0551. The van der Waals surface area contributed by atoms with Crippen LogP contribution in [0.4, 0.5) is 4.39 Å². The van der Waals surface area contributed by atoms with Crippen molar-refractivity contribution in [2.24, 2.45) is 0 Å². The van der Waals surface area contributed by atoms with Crippen molar-refractivity contribution in [2.75, 3.05) is 7.05 Å². The molecule has 3 rings (SSSR count). The number of likely N-dealkylation sites (N-methyl/N-ethyl adjacent to an activating group) is 1. The molecule has 0 spiro atoms. The maximum atomic E-state index is 12.9. The molecular weight excluding hydrogens is 281 g/mol. The van der Waals surface area contributed by atoms with Gasteiger partial charge in [-0.2, -0.15) is 0 Å². The van der Waals surface area contributed by atoms with E-state index in [0.717, 1.165) is 11.1 Å². The first-order valence-corrected chi connectivity index (χ1v) is 7.24. The molecule has 1 amide bonds. The molecule has 0 radical (unpaired) electrons. The fourth-order valence-electron chi connectivity index (χ4n) is 2.77. The zero-order valence-electron chi connectivity index (χ0n) is 12.9. The van der Waals surface area contributed by atoms with Gasteiger partial charge in [0.15, 0.2) is 0 Å². The lowest BCUT2D eigenvalue weighted by Crippen LogP contribution is -2.37. The average Bonchev–Trinajstić information content (AvgIpc) is 2.72. The van der Waals surface area contributed by atoms with E-state index in [9.17, 15) is 9.18 Å². The van der Waals surface area contributed by atoms with Crippen molar-refractivity contribution >= 4 is 5.91 Å². The van der Waals surface area contributed by atoms with Crippen molar-refractivity contribution in [1.82, 2.24) is 14.9 Å². The van der Waals surface area contributed by atoms with Crippen LogP contribution < -0.4 is 0 Å². The molecule has 1 aliphatic heterocycles. The van der Waals surface area contributed by atoms with Gasteiger partial charge in [-0.15, -0.1) is 0 Å². The Bertz CT molecular complexity index is 695. The molecule has 1 aromatic carbocycles. The molecule has 1 saturated heterocycles. The molecule has 4 nitrogen and oxygen atoms in total. The smallest absolute Gasteiger partial charge is 0.233 e. The third kappa shape index (κ3) is 2.47. The summed E-state index contributed by atoms with van der Waals surface area (Å²) in [4.78, 5) is 22.8. The van der Waals surface area contributed by atoms with Gasteiger partial charge in [0.2, 0.25) is 5.91 Å². The second-order valence-electron chi connectivity index (χ2n) is 6.30. The molecular formula is C17H18FN3O.